The van der Waals surface area contributed by atoms with Crippen LogP contribution in [0.3, 0.4) is 0 Å². The number of nitriles is 1. The van der Waals surface area contributed by atoms with Gasteiger partial charge in [0.15, 0.2) is 6.04 Å². The largest absolute Gasteiger partial charge is 0.273 e. The zero-order valence-corrected chi connectivity index (χ0v) is 15.3. The standard InChI is InChI=1S/C23H16N4O2/c24-14-20(16-8-2-1-3-9-16)26-15-19-17-10-4-5-11-18(17)22(28)27(23(19)29)21-12-6-7-13-25-21/h1-13,15,19-20H/t19?,20-/m0/s1. The molecular formula is C23H16N4O2. The number of carbonyl (C=O) groups is 2. The summed E-state index contributed by atoms with van der Waals surface area (Å²) in [6, 6.07) is 22.5. The fourth-order valence-electron chi connectivity index (χ4n) is 3.30. The van der Waals surface area contributed by atoms with Gasteiger partial charge in [-0.2, -0.15) is 5.26 Å². The van der Waals surface area contributed by atoms with E-state index < -0.39 is 23.8 Å². The maximum absolute atomic E-state index is 13.2. The molecule has 0 bridgehead atoms. The van der Waals surface area contributed by atoms with Crippen LogP contribution in [0.1, 0.15) is 33.4 Å². The van der Waals surface area contributed by atoms with Gasteiger partial charge in [0.25, 0.3) is 5.91 Å². The molecule has 1 aliphatic rings. The van der Waals surface area contributed by atoms with Crippen LogP contribution in [0.15, 0.2) is 84.0 Å². The van der Waals surface area contributed by atoms with E-state index in [1.54, 1.807) is 42.5 Å². The van der Waals surface area contributed by atoms with Gasteiger partial charge in [-0.1, -0.05) is 54.6 Å². The summed E-state index contributed by atoms with van der Waals surface area (Å²) >= 11 is 0. The van der Waals surface area contributed by atoms with E-state index in [-0.39, 0.29) is 5.82 Å². The number of hydrogen-bond donors (Lipinski definition) is 0. The monoisotopic (exact) mass is 380 g/mol. The van der Waals surface area contributed by atoms with Crippen molar-refractivity contribution in [2.45, 2.75) is 12.0 Å². The van der Waals surface area contributed by atoms with E-state index in [2.05, 4.69) is 16.0 Å². The summed E-state index contributed by atoms with van der Waals surface area (Å²) in [4.78, 5) is 35.8. The molecule has 6 nitrogen and oxygen atoms in total. The zero-order valence-electron chi connectivity index (χ0n) is 15.3. The minimum absolute atomic E-state index is 0.260. The van der Waals surface area contributed by atoms with Crippen molar-refractivity contribution in [2.75, 3.05) is 4.90 Å². The Morgan fingerprint density at radius 2 is 1.72 bits per heavy atom. The first-order chi connectivity index (χ1) is 14.2. The molecule has 2 amide bonds. The topological polar surface area (TPSA) is 86.4 Å². The van der Waals surface area contributed by atoms with E-state index in [0.29, 0.717) is 11.1 Å². The second-order valence-electron chi connectivity index (χ2n) is 6.47. The number of amides is 2. The summed E-state index contributed by atoms with van der Waals surface area (Å²) in [7, 11) is 0. The second kappa shape index (κ2) is 7.87. The molecular weight excluding hydrogens is 364 g/mol. The lowest BCUT2D eigenvalue weighted by Crippen LogP contribution is -2.46. The summed E-state index contributed by atoms with van der Waals surface area (Å²) in [5, 5.41) is 9.52. The van der Waals surface area contributed by atoms with Crippen LogP contribution >= 0.6 is 0 Å². The fourth-order valence-corrected chi connectivity index (χ4v) is 3.30. The number of pyridine rings is 1. The van der Waals surface area contributed by atoms with Crippen molar-refractivity contribution < 1.29 is 9.59 Å². The average Bonchev–Trinajstić information content (AvgIpc) is 2.78. The smallest absolute Gasteiger partial charge is 0.266 e. The summed E-state index contributed by atoms with van der Waals surface area (Å²) in [5.74, 6) is -1.39. The van der Waals surface area contributed by atoms with Crippen LogP contribution < -0.4 is 4.90 Å². The van der Waals surface area contributed by atoms with E-state index in [0.717, 1.165) is 10.5 Å². The molecule has 0 spiro atoms. The Morgan fingerprint density at radius 3 is 2.45 bits per heavy atom. The molecule has 0 aliphatic carbocycles. The van der Waals surface area contributed by atoms with Gasteiger partial charge in [-0.05, 0) is 29.3 Å². The molecule has 2 heterocycles. The van der Waals surface area contributed by atoms with Crippen molar-refractivity contribution in [3.8, 4) is 6.07 Å². The van der Waals surface area contributed by atoms with Crippen molar-refractivity contribution in [3.63, 3.8) is 0 Å². The number of aromatic nitrogens is 1. The summed E-state index contributed by atoms with van der Waals surface area (Å²) < 4.78 is 0. The molecule has 3 aromatic rings. The second-order valence-corrected chi connectivity index (χ2v) is 6.47. The van der Waals surface area contributed by atoms with Crippen LogP contribution in [0.25, 0.3) is 0 Å². The number of aliphatic imine (C=N–C) groups is 1. The highest BCUT2D eigenvalue weighted by atomic mass is 16.2. The molecule has 1 unspecified atom stereocenters. The van der Waals surface area contributed by atoms with Crippen LogP contribution in [-0.4, -0.2) is 23.0 Å². The highest BCUT2D eigenvalue weighted by Crippen LogP contribution is 2.31. The van der Waals surface area contributed by atoms with Crippen LogP contribution in [0.2, 0.25) is 0 Å². The molecule has 2 atom stereocenters. The number of imide groups is 1. The first kappa shape index (κ1) is 18.3. The van der Waals surface area contributed by atoms with Crippen LogP contribution in [-0.2, 0) is 4.79 Å². The minimum atomic E-state index is -0.787. The molecule has 0 saturated carbocycles. The fraction of sp³-hybridized carbons (Fsp3) is 0.0870. The molecule has 0 saturated heterocycles. The third kappa shape index (κ3) is 3.42. The predicted octanol–water partition coefficient (Wildman–Crippen LogP) is 3.69. The van der Waals surface area contributed by atoms with E-state index in [4.69, 9.17) is 0 Å². The van der Waals surface area contributed by atoms with Crippen LogP contribution in [0, 0.1) is 11.3 Å². The Kier molecular flexibility index (Phi) is 4.95. The first-order valence-electron chi connectivity index (χ1n) is 9.07. The molecule has 29 heavy (non-hydrogen) atoms. The van der Waals surface area contributed by atoms with Gasteiger partial charge < -0.3 is 0 Å². The quantitative estimate of drug-likeness (QED) is 0.510. The summed E-state index contributed by atoms with van der Waals surface area (Å²) in [6.07, 6.45) is 2.99. The van der Waals surface area contributed by atoms with Crippen molar-refractivity contribution in [1.82, 2.24) is 4.98 Å². The number of rotatable bonds is 4. The lowest BCUT2D eigenvalue weighted by molar-refractivity contribution is -0.118. The zero-order chi connectivity index (χ0) is 20.2. The number of fused-ring (bicyclic) bond motifs is 1. The van der Waals surface area contributed by atoms with Crippen molar-refractivity contribution in [2.24, 2.45) is 4.99 Å². The first-order valence-corrected chi connectivity index (χ1v) is 9.07. The maximum atomic E-state index is 13.2. The number of anilines is 1. The van der Waals surface area contributed by atoms with Crippen LogP contribution in [0.5, 0.6) is 0 Å². The summed E-state index contributed by atoms with van der Waals surface area (Å²) in [5.41, 5.74) is 1.73. The number of carbonyl (C=O) groups excluding carboxylic acids is 2. The lowest BCUT2D eigenvalue weighted by atomic mass is 9.89. The predicted molar refractivity (Wildman–Crippen MR) is 109 cm³/mol. The van der Waals surface area contributed by atoms with E-state index in [9.17, 15) is 14.9 Å². The highest BCUT2D eigenvalue weighted by Gasteiger charge is 2.39. The molecule has 1 aromatic heterocycles. The molecule has 140 valence electrons. The molecule has 2 aromatic carbocycles. The van der Waals surface area contributed by atoms with Gasteiger partial charge in [0, 0.05) is 18.0 Å². The van der Waals surface area contributed by atoms with Gasteiger partial charge in [0.05, 0.1) is 12.0 Å². The third-order valence-corrected chi connectivity index (χ3v) is 4.72. The van der Waals surface area contributed by atoms with E-state index in [1.165, 1.54) is 12.4 Å². The van der Waals surface area contributed by atoms with Gasteiger partial charge in [0.2, 0.25) is 5.91 Å². The minimum Gasteiger partial charge on any atom is -0.273 e. The lowest BCUT2D eigenvalue weighted by Gasteiger charge is -2.30. The Hall–Kier alpha value is -4.11. The van der Waals surface area contributed by atoms with Gasteiger partial charge in [-0.25, -0.2) is 9.88 Å². The third-order valence-electron chi connectivity index (χ3n) is 4.72. The van der Waals surface area contributed by atoms with Crippen LogP contribution in [0.4, 0.5) is 5.82 Å². The maximum Gasteiger partial charge on any atom is 0.266 e. The molecule has 6 heteroatoms. The van der Waals surface area contributed by atoms with Gasteiger partial charge in [0.1, 0.15) is 5.82 Å². The number of benzene rings is 2. The number of hydrogen-bond acceptors (Lipinski definition) is 5. The molecule has 1 aliphatic heterocycles. The van der Waals surface area contributed by atoms with Crippen molar-refractivity contribution >= 4 is 23.8 Å². The van der Waals surface area contributed by atoms with Gasteiger partial charge >= 0.3 is 0 Å². The number of nitrogens with zero attached hydrogens (tertiary/aromatic N) is 4. The molecule has 4 rings (SSSR count). The summed E-state index contributed by atoms with van der Waals surface area (Å²) in [6.45, 7) is 0. The Labute approximate surface area is 167 Å². The highest BCUT2D eigenvalue weighted by molar-refractivity contribution is 6.28. The molecule has 0 radical (unpaired) electrons. The SMILES string of the molecule is N#C[C@H](N=CC1C(=O)N(c2ccccn2)C(=O)c2ccccc21)c1ccccc1. The molecule has 0 N–H and O–H groups in total. The molecule has 0 fully saturated rings. The normalized spacial score (nSPS) is 17.1. The Balaban J connectivity index is 1.75. The Morgan fingerprint density at radius 1 is 1.00 bits per heavy atom. The average molecular weight is 380 g/mol. The van der Waals surface area contributed by atoms with Crippen molar-refractivity contribution in [1.29, 1.82) is 5.26 Å². The van der Waals surface area contributed by atoms with Gasteiger partial charge in [-0.3, -0.25) is 14.6 Å². The van der Waals surface area contributed by atoms with Gasteiger partial charge in [-0.15, -0.1) is 0 Å². The van der Waals surface area contributed by atoms with E-state index >= 15 is 0 Å². The van der Waals surface area contributed by atoms with Crippen molar-refractivity contribution in [3.05, 3.63) is 95.7 Å². The Bertz CT molecular complexity index is 1120. The van der Waals surface area contributed by atoms with E-state index in [1.807, 2.05) is 30.3 Å².